The van der Waals surface area contributed by atoms with Crippen molar-refractivity contribution in [2.24, 2.45) is 5.92 Å². The third-order valence-electron chi connectivity index (χ3n) is 6.43. The molecule has 0 bridgehead atoms. The number of aliphatic hydroxyl groups excluding tert-OH is 1. The first-order valence-corrected chi connectivity index (χ1v) is 12.1. The molecular formula is C24H28Cl2N4O4. The average molecular weight is 507 g/mol. The van der Waals surface area contributed by atoms with Crippen molar-refractivity contribution in [2.75, 3.05) is 57.4 Å². The second kappa shape index (κ2) is 10.9. The van der Waals surface area contributed by atoms with Gasteiger partial charge in [0.1, 0.15) is 11.4 Å². The number of aliphatic hydroxyl groups is 1. The number of esters is 1. The summed E-state index contributed by atoms with van der Waals surface area (Å²) in [6.07, 6.45) is 1.53. The number of amides is 1. The molecule has 2 unspecified atom stereocenters. The van der Waals surface area contributed by atoms with E-state index >= 15 is 0 Å². The fraction of sp³-hybridized carbons (Fsp3) is 0.458. The van der Waals surface area contributed by atoms with E-state index in [0.717, 1.165) is 13.1 Å². The normalized spacial score (nSPS) is 21.1. The van der Waals surface area contributed by atoms with Crippen LogP contribution in [0, 0.1) is 5.92 Å². The molecular weight excluding hydrogens is 479 g/mol. The van der Waals surface area contributed by atoms with Gasteiger partial charge in [0.2, 0.25) is 0 Å². The topological polar surface area (TPSA) is 86.2 Å². The van der Waals surface area contributed by atoms with Gasteiger partial charge in [-0.2, -0.15) is 0 Å². The van der Waals surface area contributed by atoms with E-state index < -0.39 is 5.97 Å². The molecule has 34 heavy (non-hydrogen) atoms. The Labute approximate surface area is 209 Å². The zero-order valence-corrected chi connectivity index (χ0v) is 20.5. The van der Waals surface area contributed by atoms with E-state index in [1.54, 1.807) is 42.2 Å². The standard InChI is InChI=1S/C24H28Cl2N4O4/c1-2-34-24(33)20-11-19(26)12-27-22(20)29-9-7-28(8-10-29)21-14-30(13-17(21)15-31)23(32)16-3-5-18(25)6-4-16/h3-6,11-12,17,21,31H,2,7-10,13-15H2,1H3. The zero-order valence-electron chi connectivity index (χ0n) is 19.0. The maximum absolute atomic E-state index is 13.0. The van der Waals surface area contributed by atoms with E-state index in [1.165, 1.54) is 6.20 Å². The molecule has 182 valence electrons. The van der Waals surface area contributed by atoms with Crippen LogP contribution in [0.1, 0.15) is 27.6 Å². The molecule has 0 saturated carbocycles. The first-order chi connectivity index (χ1) is 16.4. The Morgan fingerprint density at radius 1 is 1.09 bits per heavy atom. The van der Waals surface area contributed by atoms with Gasteiger partial charge in [0.25, 0.3) is 5.91 Å². The highest BCUT2D eigenvalue weighted by Crippen LogP contribution is 2.28. The summed E-state index contributed by atoms with van der Waals surface area (Å²) in [4.78, 5) is 36.0. The predicted molar refractivity (Wildman–Crippen MR) is 131 cm³/mol. The minimum absolute atomic E-state index is 0.0149. The lowest BCUT2D eigenvalue weighted by molar-refractivity contribution is 0.0526. The van der Waals surface area contributed by atoms with Crippen LogP contribution in [0.25, 0.3) is 0 Å². The van der Waals surface area contributed by atoms with Crippen molar-refractivity contribution in [3.63, 3.8) is 0 Å². The van der Waals surface area contributed by atoms with Crippen LogP contribution in [0.2, 0.25) is 10.0 Å². The first-order valence-electron chi connectivity index (χ1n) is 11.4. The Hall–Kier alpha value is -2.39. The van der Waals surface area contributed by atoms with Gasteiger partial charge in [0.15, 0.2) is 0 Å². The van der Waals surface area contributed by atoms with Gasteiger partial charge in [-0.25, -0.2) is 9.78 Å². The smallest absolute Gasteiger partial charge is 0.341 e. The number of hydrogen-bond donors (Lipinski definition) is 1. The highest BCUT2D eigenvalue weighted by Gasteiger charge is 2.39. The Morgan fingerprint density at radius 3 is 2.44 bits per heavy atom. The molecule has 1 N–H and O–H groups in total. The SMILES string of the molecule is CCOC(=O)c1cc(Cl)cnc1N1CCN(C2CN(C(=O)c3ccc(Cl)cc3)CC2CO)CC1. The second-order valence-corrected chi connectivity index (χ2v) is 9.37. The third-order valence-corrected chi connectivity index (χ3v) is 6.89. The molecule has 1 amide bonds. The number of carbonyl (C=O) groups excluding carboxylic acids is 2. The van der Waals surface area contributed by atoms with E-state index in [1.807, 2.05) is 0 Å². The molecule has 0 spiro atoms. The van der Waals surface area contributed by atoms with Crippen LogP contribution < -0.4 is 4.90 Å². The van der Waals surface area contributed by atoms with Crippen molar-refractivity contribution < 1.29 is 19.4 Å². The van der Waals surface area contributed by atoms with Crippen LogP contribution in [-0.4, -0.2) is 90.3 Å². The van der Waals surface area contributed by atoms with Gasteiger partial charge >= 0.3 is 5.97 Å². The summed E-state index contributed by atoms with van der Waals surface area (Å²) in [7, 11) is 0. The van der Waals surface area contributed by atoms with Crippen molar-refractivity contribution in [1.82, 2.24) is 14.8 Å². The quantitative estimate of drug-likeness (QED) is 0.602. The third kappa shape index (κ3) is 5.30. The second-order valence-electron chi connectivity index (χ2n) is 8.50. The highest BCUT2D eigenvalue weighted by atomic mass is 35.5. The maximum Gasteiger partial charge on any atom is 0.341 e. The van der Waals surface area contributed by atoms with Crippen LogP contribution in [0.4, 0.5) is 5.82 Å². The lowest BCUT2D eigenvalue weighted by atomic mass is 10.0. The number of rotatable bonds is 6. The van der Waals surface area contributed by atoms with E-state index in [9.17, 15) is 14.7 Å². The van der Waals surface area contributed by atoms with Crippen LogP contribution in [0.5, 0.6) is 0 Å². The van der Waals surface area contributed by atoms with Crippen LogP contribution >= 0.6 is 23.2 Å². The highest BCUT2D eigenvalue weighted by molar-refractivity contribution is 6.31. The number of halogens is 2. The number of benzene rings is 1. The molecule has 2 aliphatic rings. The molecule has 2 atom stereocenters. The molecule has 10 heteroatoms. The number of piperazine rings is 1. The lowest BCUT2D eigenvalue weighted by Gasteiger charge is -2.40. The summed E-state index contributed by atoms with van der Waals surface area (Å²) < 4.78 is 5.18. The number of likely N-dealkylation sites (tertiary alicyclic amines) is 1. The molecule has 2 fully saturated rings. The summed E-state index contributed by atoms with van der Waals surface area (Å²) >= 11 is 12.0. The molecule has 3 heterocycles. The van der Waals surface area contributed by atoms with Gasteiger partial charge in [-0.15, -0.1) is 0 Å². The van der Waals surface area contributed by atoms with E-state index in [0.29, 0.717) is 53.2 Å². The van der Waals surface area contributed by atoms with Gasteiger partial charge < -0.3 is 19.6 Å². The minimum atomic E-state index is -0.442. The number of ether oxygens (including phenoxy) is 1. The summed E-state index contributed by atoms with van der Waals surface area (Å²) in [5.74, 6) is 0.0434. The summed E-state index contributed by atoms with van der Waals surface area (Å²) in [6.45, 7) is 5.85. The van der Waals surface area contributed by atoms with E-state index in [-0.39, 0.29) is 31.1 Å². The van der Waals surface area contributed by atoms with Gasteiger partial charge in [0.05, 0.1) is 11.6 Å². The van der Waals surface area contributed by atoms with Gasteiger partial charge in [0, 0.05) is 74.6 Å². The van der Waals surface area contributed by atoms with Crippen molar-refractivity contribution in [2.45, 2.75) is 13.0 Å². The molecule has 2 aliphatic heterocycles. The largest absolute Gasteiger partial charge is 0.462 e. The Balaban J connectivity index is 1.42. The molecule has 0 radical (unpaired) electrons. The molecule has 2 saturated heterocycles. The maximum atomic E-state index is 13.0. The molecule has 2 aromatic rings. The van der Waals surface area contributed by atoms with Crippen molar-refractivity contribution in [3.8, 4) is 0 Å². The number of hydrogen-bond acceptors (Lipinski definition) is 7. The molecule has 0 aliphatic carbocycles. The van der Waals surface area contributed by atoms with Crippen LogP contribution in [0.15, 0.2) is 36.5 Å². The summed E-state index contributed by atoms with van der Waals surface area (Å²) in [5, 5.41) is 11.0. The molecule has 4 rings (SSSR count). The Morgan fingerprint density at radius 2 is 1.79 bits per heavy atom. The molecule has 1 aromatic carbocycles. The van der Waals surface area contributed by atoms with Gasteiger partial charge in [-0.05, 0) is 37.3 Å². The average Bonchev–Trinajstić information content (AvgIpc) is 3.29. The zero-order chi connectivity index (χ0) is 24.2. The number of aromatic nitrogens is 1. The fourth-order valence-corrected chi connectivity index (χ4v) is 4.98. The van der Waals surface area contributed by atoms with Gasteiger partial charge in [-0.3, -0.25) is 9.69 Å². The lowest BCUT2D eigenvalue weighted by Crippen LogP contribution is -2.53. The van der Waals surface area contributed by atoms with E-state index in [4.69, 9.17) is 27.9 Å². The van der Waals surface area contributed by atoms with Crippen LogP contribution in [-0.2, 0) is 4.74 Å². The number of pyridine rings is 1. The van der Waals surface area contributed by atoms with E-state index in [2.05, 4.69) is 14.8 Å². The predicted octanol–water partition coefficient (Wildman–Crippen LogP) is 2.82. The number of nitrogens with zero attached hydrogens (tertiary/aromatic N) is 4. The van der Waals surface area contributed by atoms with Crippen molar-refractivity contribution in [1.29, 1.82) is 0 Å². The Kier molecular flexibility index (Phi) is 7.93. The van der Waals surface area contributed by atoms with Crippen molar-refractivity contribution >= 4 is 40.9 Å². The summed E-state index contributed by atoms with van der Waals surface area (Å²) in [5.41, 5.74) is 0.948. The first kappa shape index (κ1) is 24.7. The molecule has 1 aromatic heterocycles. The van der Waals surface area contributed by atoms with Crippen LogP contribution in [0.3, 0.4) is 0 Å². The summed E-state index contributed by atoms with van der Waals surface area (Å²) in [6, 6.07) is 8.52. The monoisotopic (exact) mass is 506 g/mol. The Bertz CT molecular complexity index is 1030. The fourth-order valence-electron chi connectivity index (χ4n) is 4.70. The number of carbonyl (C=O) groups is 2. The minimum Gasteiger partial charge on any atom is -0.462 e. The van der Waals surface area contributed by atoms with Gasteiger partial charge in [-0.1, -0.05) is 23.2 Å². The number of anilines is 1. The molecule has 8 nitrogen and oxygen atoms in total. The van der Waals surface area contributed by atoms with Crippen molar-refractivity contribution in [3.05, 3.63) is 57.7 Å².